The first-order valence-electron chi connectivity index (χ1n) is 12.1. The van der Waals surface area contributed by atoms with Crippen molar-refractivity contribution in [1.82, 2.24) is 24.9 Å². The van der Waals surface area contributed by atoms with Gasteiger partial charge in [-0.3, -0.25) is 9.48 Å². The molecule has 0 spiro atoms. The van der Waals surface area contributed by atoms with E-state index >= 15 is 0 Å². The number of hydrogen-bond donors (Lipinski definition) is 1. The highest BCUT2D eigenvalue weighted by molar-refractivity contribution is 5.89. The number of aryl methyl sites for hydroxylation is 2. The second-order valence-electron chi connectivity index (χ2n) is 8.84. The van der Waals surface area contributed by atoms with Crippen molar-refractivity contribution in [1.29, 1.82) is 0 Å². The van der Waals surface area contributed by atoms with E-state index in [-0.39, 0.29) is 12.5 Å². The molecule has 0 aliphatic heterocycles. The van der Waals surface area contributed by atoms with E-state index in [2.05, 4.69) is 27.6 Å². The number of nitrogens with zero attached hydrogens (tertiary/aromatic N) is 4. The Balaban J connectivity index is 1.29. The third-order valence-electron chi connectivity index (χ3n) is 6.25. The highest BCUT2D eigenvalue weighted by atomic mass is 16.5. The number of carbonyl (C=O) groups is 2. The molecule has 8 heteroatoms. The predicted octanol–water partition coefficient (Wildman–Crippen LogP) is 4.22. The Kier molecular flexibility index (Phi) is 7.98. The van der Waals surface area contributed by atoms with Gasteiger partial charge in [0.05, 0.1) is 23.6 Å². The molecule has 0 radical (unpaired) electrons. The minimum absolute atomic E-state index is 0.315. The molecule has 2 heterocycles. The van der Waals surface area contributed by atoms with Gasteiger partial charge in [0, 0.05) is 35.1 Å². The Bertz CT molecular complexity index is 1420. The van der Waals surface area contributed by atoms with E-state index in [0.717, 1.165) is 45.2 Å². The lowest BCUT2D eigenvalue weighted by atomic mass is 10.2. The Morgan fingerprint density at radius 1 is 0.892 bits per heavy atom. The molecule has 0 fully saturated rings. The maximum atomic E-state index is 12.3. The number of nitrogens with one attached hydrogen (secondary N) is 1. The highest BCUT2D eigenvalue weighted by Crippen LogP contribution is 2.19. The fourth-order valence-electron chi connectivity index (χ4n) is 4.19. The first kappa shape index (κ1) is 25.6. The smallest absolute Gasteiger partial charge is 0.331 e. The minimum Gasteiger partial charge on any atom is -0.452 e. The van der Waals surface area contributed by atoms with Crippen molar-refractivity contribution in [2.45, 2.75) is 40.8 Å². The van der Waals surface area contributed by atoms with Crippen LogP contribution in [0.3, 0.4) is 0 Å². The number of benzene rings is 2. The minimum atomic E-state index is -0.593. The third kappa shape index (κ3) is 6.22. The summed E-state index contributed by atoms with van der Waals surface area (Å²) in [5.41, 5.74) is 7.43. The average molecular weight is 498 g/mol. The second kappa shape index (κ2) is 11.5. The van der Waals surface area contributed by atoms with Crippen LogP contribution in [-0.2, 0) is 27.4 Å². The SMILES string of the molecule is Cc1nn(-c2ccccc2)c(C)c1/C=C/C(=O)OCC(=O)NCc1c(C)nn(Cc2ccccc2)c1C. The van der Waals surface area contributed by atoms with Crippen molar-refractivity contribution in [2.75, 3.05) is 6.61 Å². The fourth-order valence-corrected chi connectivity index (χ4v) is 4.19. The van der Waals surface area contributed by atoms with Gasteiger partial charge < -0.3 is 10.1 Å². The van der Waals surface area contributed by atoms with E-state index in [9.17, 15) is 9.59 Å². The molecule has 0 bridgehead atoms. The van der Waals surface area contributed by atoms with Crippen molar-refractivity contribution >= 4 is 18.0 Å². The van der Waals surface area contributed by atoms with Gasteiger partial charge >= 0.3 is 5.97 Å². The fraction of sp³-hybridized carbons (Fsp3) is 0.241. The van der Waals surface area contributed by atoms with Crippen molar-refractivity contribution in [2.24, 2.45) is 0 Å². The van der Waals surface area contributed by atoms with E-state index in [1.54, 1.807) is 6.08 Å². The molecule has 1 amide bonds. The van der Waals surface area contributed by atoms with Crippen molar-refractivity contribution in [3.05, 3.63) is 106 Å². The number of carbonyl (C=O) groups excluding carboxylic acids is 2. The summed E-state index contributed by atoms with van der Waals surface area (Å²) in [6, 6.07) is 19.9. The quantitative estimate of drug-likeness (QED) is 0.276. The van der Waals surface area contributed by atoms with Gasteiger partial charge in [-0.2, -0.15) is 10.2 Å². The van der Waals surface area contributed by atoms with Crippen LogP contribution in [0.15, 0.2) is 66.7 Å². The molecule has 4 rings (SSSR count). The first-order chi connectivity index (χ1) is 17.8. The van der Waals surface area contributed by atoms with Crippen molar-refractivity contribution in [3.63, 3.8) is 0 Å². The molecule has 0 aliphatic carbocycles. The zero-order chi connectivity index (χ0) is 26.4. The predicted molar refractivity (Wildman–Crippen MR) is 142 cm³/mol. The number of ether oxygens (including phenoxy) is 1. The monoisotopic (exact) mass is 497 g/mol. The number of rotatable bonds is 9. The van der Waals surface area contributed by atoms with Crippen LogP contribution in [0.5, 0.6) is 0 Å². The number of esters is 1. The zero-order valence-corrected chi connectivity index (χ0v) is 21.6. The van der Waals surface area contributed by atoms with Crippen LogP contribution < -0.4 is 5.32 Å². The Morgan fingerprint density at radius 2 is 1.57 bits per heavy atom. The Hall–Kier alpha value is -4.46. The van der Waals surface area contributed by atoms with E-state index in [1.807, 2.05) is 85.6 Å². The molecule has 0 aliphatic rings. The van der Waals surface area contributed by atoms with E-state index in [4.69, 9.17) is 4.74 Å². The summed E-state index contributed by atoms with van der Waals surface area (Å²) in [7, 11) is 0. The van der Waals surface area contributed by atoms with Crippen LogP contribution >= 0.6 is 0 Å². The number of para-hydroxylation sites is 1. The van der Waals surface area contributed by atoms with Gasteiger partial charge in [-0.25, -0.2) is 9.48 Å². The average Bonchev–Trinajstić information content (AvgIpc) is 3.34. The molecule has 0 atom stereocenters. The summed E-state index contributed by atoms with van der Waals surface area (Å²) in [5.74, 6) is -0.968. The number of aromatic nitrogens is 4. The first-order valence-corrected chi connectivity index (χ1v) is 12.1. The van der Waals surface area contributed by atoms with Crippen molar-refractivity contribution in [3.8, 4) is 5.69 Å². The highest BCUT2D eigenvalue weighted by Gasteiger charge is 2.14. The van der Waals surface area contributed by atoms with Gasteiger partial charge in [0.25, 0.3) is 5.91 Å². The normalized spacial score (nSPS) is 11.1. The lowest BCUT2D eigenvalue weighted by Crippen LogP contribution is -2.28. The van der Waals surface area contributed by atoms with Gasteiger partial charge in [0.15, 0.2) is 6.61 Å². The molecule has 0 unspecified atom stereocenters. The van der Waals surface area contributed by atoms with Crippen LogP contribution in [0, 0.1) is 27.7 Å². The summed E-state index contributed by atoms with van der Waals surface area (Å²) < 4.78 is 8.91. The van der Waals surface area contributed by atoms with Crippen molar-refractivity contribution < 1.29 is 14.3 Å². The molecule has 37 heavy (non-hydrogen) atoms. The molecule has 190 valence electrons. The Morgan fingerprint density at radius 3 is 2.27 bits per heavy atom. The maximum absolute atomic E-state index is 12.3. The lowest BCUT2D eigenvalue weighted by molar-refractivity contribution is -0.143. The zero-order valence-electron chi connectivity index (χ0n) is 21.6. The summed E-state index contributed by atoms with van der Waals surface area (Å²) in [4.78, 5) is 24.6. The van der Waals surface area contributed by atoms with Gasteiger partial charge in [-0.1, -0.05) is 48.5 Å². The van der Waals surface area contributed by atoms with E-state index < -0.39 is 5.97 Å². The lowest BCUT2D eigenvalue weighted by Gasteiger charge is -2.07. The second-order valence-corrected chi connectivity index (χ2v) is 8.84. The maximum Gasteiger partial charge on any atom is 0.331 e. The van der Waals surface area contributed by atoms with Gasteiger partial charge in [0.1, 0.15) is 0 Å². The standard InChI is InChI=1S/C29H31N5O3/c1-20-26(23(4)34(32-20)25-13-9-6-10-14-25)15-16-29(36)37-19-28(35)30-17-27-21(2)31-33(22(27)3)18-24-11-7-5-8-12-24/h5-16H,17-19H2,1-4H3,(H,30,35)/b16-15+. The molecule has 4 aromatic rings. The molecule has 0 saturated heterocycles. The van der Waals surface area contributed by atoms with Crippen LogP contribution in [0.2, 0.25) is 0 Å². The topological polar surface area (TPSA) is 91.0 Å². The molecular weight excluding hydrogens is 466 g/mol. The van der Waals surface area contributed by atoms with Gasteiger partial charge in [0.2, 0.25) is 0 Å². The largest absolute Gasteiger partial charge is 0.452 e. The Labute approximate surface area is 216 Å². The van der Waals surface area contributed by atoms with Crippen LogP contribution in [-0.4, -0.2) is 38.0 Å². The summed E-state index contributed by atoms with van der Waals surface area (Å²) in [6.07, 6.45) is 2.99. The molecule has 2 aromatic carbocycles. The van der Waals surface area contributed by atoms with Crippen LogP contribution in [0.4, 0.5) is 0 Å². The van der Waals surface area contributed by atoms with E-state index in [0.29, 0.717) is 13.1 Å². The number of hydrogen-bond acceptors (Lipinski definition) is 5. The molecular formula is C29H31N5O3. The molecule has 1 N–H and O–H groups in total. The molecule has 2 aromatic heterocycles. The summed E-state index contributed by atoms with van der Waals surface area (Å²) in [6.45, 7) is 8.35. The van der Waals surface area contributed by atoms with Crippen LogP contribution in [0.1, 0.15) is 39.5 Å². The third-order valence-corrected chi connectivity index (χ3v) is 6.25. The molecule has 0 saturated carbocycles. The summed E-state index contributed by atoms with van der Waals surface area (Å²) >= 11 is 0. The van der Waals surface area contributed by atoms with Gasteiger partial charge in [-0.15, -0.1) is 0 Å². The number of amides is 1. The van der Waals surface area contributed by atoms with E-state index in [1.165, 1.54) is 6.08 Å². The molecule has 8 nitrogen and oxygen atoms in total. The summed E-state index contributed by atoms with van der Waals surface area (Å²) in [5, 5.41) is 12.0. The van der Waals surface area contributed by atoms with Crippen LogP contribution in [0.25, 0.3) is 11.8 Å². The van der Waals surface area contributed by atoms with Gasteiger partial charge in [-0.05, 0) is 51.5 Å².